The maximum Gasteiger partial charge on any atom is 0.256 e. The molecule has 3 N–H and O–H groups in total. The lowest BCUT2D eigenvalue weighted by Gasteiger charge is -2.18. The lowest BCUT2D eigenvalue weighted by molar-refractivity contribution is 0.0786. The second-order valence-electron chi connectivity index (χ2n) is 4.35. The lowest BCUT2D eigenvalue weighted by atomic mass is 10.1. The molecule has 0 aliphatic heterocycles. The van der Waals surface area contributed by atoms with Gasteiger partial charge in [-0.3, -0.25) is 15.6 Å². The van der Waals surface area contributed by atoms with Crippen molar-refractivity contribution in [1.82, 2.24) is 9.88 Å². The van der Waals surface area contributed by atoms with Crippen LogP contribution < -0.4 is 11.3 Å². The first-order valence-electron chi connectivity index (χ1n) is 6.02. The van der Waals surface area contributed by atoms with Crippen LogP contribution in [0, 0.1) is 5.82 Å². The monoisotopic (exact) mass is 274 g/mol. The number of nitrogen functional groups attached to an aromatic ring is 1. The Hall–Kier alpha value is -2.47. The molecular formula is C14H15FN4O. The molecule has 2 aromatic rings. The highest BCUT2D eigenvalue weighted by Crippen LogP contribution is 2.15. The first kappa shape index (κ1) is 14.0. The molecule has 0 aliphatic rings. The predicted molar refractivity (Wildman–Crippen MR) is 74.2 cm³/mol. The van der Waals surface area contributed by atoms with E-state index in [9.17, 15) is 9.18 Å². The van der Waals surface area contributed by atoms with Gasteiger partial charge in [0.25, 0.3) is 5.91 Å². The zero-order valence-corrected chi connectivity index (χ0v) is 11.0. The van der Waals surface area contributed by atoms with Crippen molar-refractivity contribution in [3.63, 3.8) is 0 Å². The van der Waals surface area contributed by atoms with E-state index in [4.69, 9.17) is 5.84 Å². The van der Waals surface area contributed by atoms with Crippen molar-refractivity contribution in [2.75, 3.05) is 12.5 Å². The standard InChI is InChI=1S/C14H15FN4O/c1-19(9-10-2-4-11(15)5-3-10)14(20)12-6-7-17-8-13(12)18-16/h2-8,18H,9,16H2,1H3. The summed E-state index contributed by atoms with van der Waals surface area (Å²) >= 11 is 0. The minimum Gasteiger partial charge on any atom is -0.337 e. The van der Waals surface area contributed by atoms with Crippen LogP contribution in [0.1, 0.15) is 15.9 Å². The summed E-state index contributed by atoms with van der Waals surface area (Å²) in [6, 6.07) is 7.63. The Kier molecular flexibility index (Phi) is 4.27. The number of aromatic nitrogens is 1. The predicted octanol–water partition coefficient (Wildman–Crippen LogP) is 1.78. The van der Waals surface area contributed by atoms with Crippen LogP contribution in [0.2, 0.25) is 0 Å². The van der Waals surface area contributed by atoms with Crippen molar-refractivity contribution in [2.24, 2.45) is 5.84 Å². The van der Waals surface area contributed by atoms with Crippen LogP contribution in [0.15, 0.2) is 42.7 Å². The number of anilines is 1. The molecule has 0 fully saturated rings. The molecule has 0 bridgehead atoms. The normalized spacial score (nSPS) is 10.2. The van der Waals surface area contributed by atoms with Crippen molar-refractivity contribution >= 4 is 11.6 Å². The summed E-state index contributed by atoms with van der Waals surface area (Å²) in [5.74, 6) is 4.87. The molecule has 1 heterocycles. The number of nitrogens with two attached hydrogens (primary N) is 1. The topological polar surface area (TPSA) is 71.2 Å². The van der Waals surface area contributed by atoms with E-state index >= 15 is 0 Å². The van der Waals surface area contributed by atoms with Crippen LogP contribution in [-0.2, 0) is 6.54 Å². The third kappa shape index (κ3) is 3.10. The zero-order valence-electron chi connectivity index (χ0n) is 11.0. The summed E-state index contributed by atoms with van der Waals surface area (Å²) in [6.45, 7) is 0.380. The lowest BCUT2D eigenvalue weighted by Crippen LogP contribution is -2.27. The van der Waals surface area contributed by atoms with Crippen molar-refractivity contribution < 1.29 is 9.18 Å². The van der Waals surface area contributed by atoms with Gasteiger partial charge in [-0.2, -0.15) is 0 Å². The largest absolute Gasteiger partial charge is 0.337 e. The van der Waals surface area contributed by atoms with E-state index in [1.54, 1.807) is 25.2 Å². The van der Waals surface area contributed by atoms with Crippen LogP contribution in [0.5, 0.6) is 0 Å². The molecule has 5 nitrogen and oxygen atoms in total. The molecule has 0 radical (unpaired) electrons. The van der Waals surface area contributed by atoms with E-state index in [1.807, 2.05) is 0 Å². The molecule has 104 valence electrons. The molecule has 0 spiro atoms. The molecule has 1 amide bonds. The van der Waals surface area contributed by atoms with Gasteiger partial charge in [0, 0.05) is 19.8 Å². The number of rotatable bonds is 4. The van der Waals surface area contributed by atoms with Gasteiger partial charge in [0.15, 0.2) is 0 Å². The molecule has 2 rings (SSSR count). The third-order valence-electron chi connectivity index (χ3n) is 2.89. The van der Waals surface area contributed by atoms with E-state index in [2.05, 4.69) is 10.4 Å². The number of hydrogen-bond acceptors (Lipinski definition) is 4. The quantitative estimate of drug-likeness (QED) is 0.658. The van der Waals surface area contributed by atoms with Gasteiger partial charge in [0.2, 0.25) is 0 Å². The Morgan fingerprint density at radius 3 is 2.70 bits per heavy atom. The van der Waals surface area contributed by atoms with Crippen LogP contribution in [0.4, 0.5) is 10.1 Å². The van der Waals surface area contributed by atoms with Crippen LogP contribution >= 0.6 is 0 Å². The highest BCUT2D eigenvalue weighted by atomic mass is 19.1. The number of benzene rings is 1. The van der Waals surface area contributed by atoms with E-state index in [1.165, 1.54) is 29.4 Å². The minimum absolute atomic E-state index is 0.190. The Morgan fingerprint density at radius 2 is 2.05 bits per heavy atom. The summed E-state index contributed by atoms with van der Waals surface area (Å²) in [7, 11) is 1.67. The van der Waals surface area contributed by atoms with Crippen LogP contribution in [0.25, 0.3) is 0 Å². The van der Waals surface area contributed by atoms with Gasteiger partial charge >= 0.3 is 0 Å². The number of carbonyl (C=O) groups excluding carboxylic acids is 1. The van der Waals surface area contributed by atoms with Gasteiger partial charge in [-0.15, -0.1) is 0 Å². The summed E-state index contributed by atoms with van der Waals surface area (Å²) in [5.41, 5.74) is 4.19. The highest BCUT2D eigenvalue weighted by Gasteiger charge is 2.15. The van der Waals surface area contributed by atoms with E-state index < -0.39 is 0 Å². The van der Waals surface area contributed by atoms with Crippen LogP contribution in [0.3, 0.4) is 0 Å². The maximum atomic E-state index is 12.8. The minimum atomic E-state index is -0.300. The number of pyridine rings is 1. The number of hydrogen-bond donors (Lipinski definition) is 2. The summed E-state index contributed by atoms with van der Waals surface area (Å²) in [4.78, 5) is 17.8. The zero-order chi connectivity index (χ0) is 14.5. The second-order valence-corrected chi connectivity index (χ2v) is 4.35. The number of carbonyl (C=O) groups is 1. The summed E-state index contributed by atoms with van der Waals surface area (Å²) in [5, 5.41) is 0. The average Bonchev–Trinajstić information content (AvgIpc) is 2.48. The number of nitrogens with one attached hydrogen (secondary N) is 1. The van der Waals surface area contributed by atoms with Gasteiger partial charge in [-0.25, -0.2) is 4.39 Å². The Bertz CT molecular complexity index is 600. The molecule has 20 heavy (non-hydrogen) atoms. The van der Waals surface area contributed by atoms with E-state index in [0.29, 0.717) is 17.8 Å². The van der Waals surface area contributed by atoms with Crippen molar-refractivity contribution in [3.8, 4) is 0 Å². The van der Waals surface area contributed by atoms with Gasteiger partial charge in [-0.05, 0) is 23.8 Å². The Balaban J connectivity index is 2.14. The van der Waals surface area contributed by atoms with Crippen molar-refractivity contribution in [2.45, 2.75) is 6.54 Å². The molecule has 6 heteroatoms. The van der Waals surface area contributed by atoms with Gasteiger partial charge in [-0.1, -0.05) is 12.1 Å². The highest BCUT2D eigenvalue weighted by molar-refractivity contribution is 5.99. The van der Waals surface area contributed by atoms with Gasteiger partial charge in [0.1, 0.15) is 5.82 Å². The maximum absolute atomic E-state index is 12.8. The summed E-state index contributed by atoms with van der Waals surface area (Å²) < 4.78 is 12.8. The molecule has 1 aromatic carbocycles. The van der Waals surface area contributed by atoms with Gasteiger partial charge < -0.3 is 10.3 Å². The van der Waals surface area contributed by atoms with Crippen LogP contribution in [-0.4, -0.2) is 22.8 Å². The first-order chi connectivity index (χ1) is 9.61. The smallest absolute Gasteiger partial charge is 0.256 e. The molecule has 0 saturated carbocycles. The molecule has 0 saturated heterocycles. The SMILES string of the molecule is CN(Cc1ccc(F)cc1)C(=O)c1ccncc1NN. The fourth-order valence-electron chi connectivity index (χ4n) is 1.84. The molecule has 0 atom stereocenters. The Morgan fingerprint density at radius 1 is 1.35 bits per heavy atom. The van der Waals surface area contributed by atoms with E-state index in [-0.39, 0.29) is 11.7 Å². The van der Waals surface area contributed by atoms with Crippen molar-refractivity contribution in [3.05, 3.63) is 59.7 Å². The fraction of sp³-hybridized carbons (Fsp3) is 0.143. The number of halogens is 1. The van der Waals surface area contributed by atoms with Gasteiger partial charge in [0.05, 0.1) is 17.4 Å². The summed E-state index contributed by atoms with van der Waals surface area (Å²) in [6.07, 6.45) is 3.01. The third-order valence-corrected chi connectivity index (χ3v) is 2.89. The van der Waals surface area contributed by atoms with Crippen molar-refractivity contribution in [1.29, 1.82) is 0 Å². The fourth-order valence-corrected chi connectivity index (χ4v) is 1.84. The molecular weight excluding hydrogens is 259 g/mol. The number of amides is 1. The Labute approximate surface area is 116 Å². The molecule has 0 aliphatic carbocycles. The second kappa shape index (κ2) is 6.12. The molecule has 1 aromatic heterocycles. The number of nitrogens with zero attached hydrogens (tertiary/aromatic N) is 2. The van der Waals surface area contributed by atoms with E-state index in [0.717, 1.165) is 5.56 Å². The first-order valence-corrected chi connectivity index (χ1v) is 6.02. The number of hydrazine groups is 1. The molecule has 0 unspecified atom stereocenters. The average molecular weight is 274 g/mol.